The fourth-order valence-corrected chi connectivity index (χ4v) is 3.81. The third-order valence-corrected chi connectivity index (χ3v) is 5.47. The van der Waals surface area contributed by atoms with E-state index in [9.17, 15) is 13.2 Å². The molecule has 7 nitrogen and oxygen atoms in total. The van der Waals surface area contributed by atoms with Gasteiger partial charge >= 0.3 is 12.1 Å². The molecule has 2 aliphatic rings. The minimum absolute atomic E-state index is 0.224. The van der Waals surface area contributed by atoms with Crippen LogP contribution in [0.2, 0.25) is 0 Å². The van der Waals surface area contributed by atoms with Gasteiger partial charge in [-0.3, -0.25) is 4.68 Å². The number of allylic oxidation sites excluding steroid dienone is 2. The normalized spacial score (nSPS) is 20.6. The zero-order valence-corrected chi connectivity index (χ0v) is 17.1. The molecule has 1 aromatic rings. The maximum Gasteiger partial charge on any atom is 0.490 e. The second kappa shape index (κ2) is 12.0. The van der Waals surface area contributed by atoms with E-state index in [-0.39, 0.29) is 6.61 Å². The average Bonchev–Trinajstić information content (AvgIpc) is 3.16. The number of aromatic nitrogens is 3. The Labute approximate surface area is 174 Å². The molecule has 0 spiro atoms. The van der Waals surface area contributed by atoms with Gasteiger partial charge in [0.25, 0.3) is 0 Å². The number of aliphatic hydroxyl groups is 1. The number of halogens is 3. The molecule has 2 N–H and O–H groups in total. The number of carboxylic acids is 1. The molecule has 2 heterocycles. The van der Waals surface area contributed by atoms with Gasteiger partial charge in [0.2, 0.25) is 0 Å². The number of piperidine rings is 1. The summed E-state index contributed by atoms with van der Waals surface area (Å²) in [6, 6.07) is 0. The fourth-order valence-electron chi connectivity index (χ4n) is 3.81. The molecule has 1 saturated heterocycles. The predicted molar refractivity (Wildman–Crippen MR) is 105 cm³/mol. The number of aliphatic carboxylic acids is 1. The number of likely N-dealkylation sites (tertiary alicyclic amines) is 1. The van der Waals surface area contributed by atoms with Crippen molar-refractivity contribution in [2.24, 2.45) is 11.8 Å². The van der Waals surface area contributed by atoms with E-state index >= 15 is 0 Å². The molecule has 0 amide bonds. The minimum atomic E-state index is -5.08. The van der Waals surface area contributed by atoms with E-state index in [1.807, 2.05) is 4.68 Å². The van der Waals surface area contributed by atoms with Gasteiger partial charge in [-0.25, -0.2) is 4.79 Å². The van der Waals surface area contributed by atoms with Crippen molar-refractivity contribution in [2.45, 2.75) is 57.7 Å². The molecule has 1 fully saturated rings. The van der Waals surface area contributed by atoms with E-state index in [4.69, 9.17) is 15.0 Å². The third-order valence-electron chi connectivity index (χ3n) is 5.47. The summed E-state index contributed by atoms with van der Waals surface area (Å²) < 4.78 is 33.7. The van der Waals surface area contributed by atoms with Crippen LogP contribution in [0.4, 0.5) is 13.2 Å². The van der Waals surface area contributed by atoms with Crippen LogP contribution >= 0.6 is 0 Å². The van der Waals surface area contributed by atoms with E-state index in [1.54, 1.807) is 0 Å². The van der Waals surface area contributed by atoms with Crippen LogP contribution in [0.5, 0.6) is 0 Å². The largest absolute Gasteiger partial charge is 0.490 e. The highest BCUT2D eigenvalue weighted by Gasteiger charge is 2.38. The van der Waals surface area contributed by atoms with Crippen molar-refractivity contribution in [2.75, 3.05) is 26.2 Å². The van der Waals surface area contributed by atoms with Crippen LogP contribution in [0, 0.1) is 11.8 Å². The number of carbonyl (C=O) groups is 1. The number of alkyl halides is 3. The molecule has 0 aromatic carbocycles. The number of hydrogen-bond acceptors (Lipinski definition) is 5. The fraction of sp³-hybridized carbons (Fsp3) is 0.750. The van der Waals surface area contributed by atoms with Crippen LogP contribution in [0.3, 0.4) is 0 Å². The van der Waals surface area contributed by atoms with E-state index in [0.717, 1.165) is 36.9 Å². The van der Waals surface area contributed by atoms with E-state index in [1.165, 1.54) is 51.7 Å². The third kappa shape index (κ3) is 8.83. The Bertz CT molecular complexity index is 670. The summed E-state index contributed by atoms with van der Waals surface area (Å²) in [5.74, 6) is -1.15. The molecule has 30 heavy (non-hydrogen) atoms. The van der Waals surface area contributed by atoms with Crippen molar-refractivity contribution < 1.29 is 28.2 Å². The van der Waals surface area contributed by atoms with Gasteiger partial charge in [0.05, 0.1) is 5.69 Å². The molecule has 1 unspecified atom stereocenters. The Morgan fingerprint density at radius 1 is 1.13 bits per heavy atom. The molecule has 10 heteroatoms. The van der Waals surface area contributed by atoms with Gasteiger partial charge in [0.15, 0.2) is 0 Å². The number of aliphatic hydroxyl groups excluding tert-OH is 1. The molecular formula is C20H31F3N4O3. The highest BCUT2D eigenvalue weighted by molar-refractivity contribution is 5.73. The maximum atomic E-state index is 10.6. The van der Waals surface area contributed by atoms with Crippen molar-refractivity contribution in [3.05, 3.63) is 24.0 Å². The molecule has 1 aliphatic heterocycles. The second-order valence-corrected chi connectivity index (χ2v) is 7.96. The summed E-state index contributed by atoms with van der Waals surface area (Å²) in [6.07, 6.45) is 9.71. The Morgan fingerprint density at radius 3 is 2.40 bits per heavy atom. The maximum absolute atomic E-state index is 10.6. The van der Waals surface area contributed by atoms with Gasteiger partial charge in [0, 0.05) is 25.9 Å². The summed E-state index contributed by atoms with van der Waals surface area (Å²) >= 11 is 0. The first-order valence-corrected chi connectivity index (χ1v) is 10.4. The Morgan fingerprint density at radius 2 is 1.83 bits per heavy atom. The Kier molecular flexibility index (Phi) is 9.77. The van der Waals surface area contributed by atoms with Crippen LogP contribution in [-0.4, -0.2) is 68.5 Å². The second-order valence-electron chi connectivity index (χ2n) is 7.96. The predicted octanol–water partition coefficient (Wildman–Crippen LogP) is 2.90. The van der Waals surface area contributed by atoms with Gasteiger partial charge < -0.3 is 15.1 Å². The zero-order valence-electron chi connectivity index (χ0n) is 17.1. The number of rotatable bonds is 7. The van der Waals surface area contributed by atoms with Crippen molar-refractivity contribution >= 4 is 5.97 Å². The molecule has 0 bridgehead atoms. The molecule has 1 aliphatic carbocycles. The summed E-state index contributed by atoms with van der Waals surface area (Å²) in [6.45, 7) is 4.97. The summed E-state index contributed by atoms with van der Waals surface area (Å²) in [7, 11) is 0. The number of nitrogens with zero attached hydrogens (tertiary/aromatic N) is 4. The Balaban J connectivity index is 0.000000396. The quantitative estimate of drug-likeness (QED) is 0.644. The van der Waals surface area contributed by atoms with Gasteiger partial charge in [0.1, 0.15) is 0 Å². The lowest BCUT2D eigenvalue weighted by Gasteiger charge is -2.34. The van der Waals surface area contributed by atoms with E-state index in [2.05, 4.69) is 33.6 Å². The lowest BCUT2D eigenvalue weighted by Crippen LogP contribution is -2.38. The minimum Gasteiger partial charge on any atom is -0.475 e. The van der Waals surface area contributed by atoms with Crippen LogP contribution in [0.25, 0.3) is 0 Å². The molecule has 0 radical (unpaired) electrons. The summed E-state index contributed by atoms with van der Waals surface area (Å²) in [4.78, 5) is 11.6. The van der Waals surface area contributed by atoms with Gasteiger partial charge in [-0.1, -0.05) is 17.4 Å². The number of aryl methyl sites for hydroxylation is 1. The summed E-state index contributed by atoms with van der Waals surface area (Å²) in [5.41, 5.74) is 1.00. The van der Waals surface area contributed by atoms with E-state index in [0.29, 0.717) is 0 Å². The van der Waals surface area contributed by atoms with Gasteiger partial charge in [-0.2, -0.15) is 13.2 Å². The first-order chi connectivity index (χ1) is 14.3. The van der Waals surface area contributed by atoms with Gasteiger partial charge in [-0.15, -0.1) is 5.10 Å². The summed E-state index contributed by atoms with van der Waals surface area (Å²) in [5, 5.41) is 24.4. The average molecular weight is 432 g/mol. The number of carboxylic acid groups (broad SMARTS) is 1. The lowest BCUT2D eigenvalue weighted by atomic mass is 9.91. The zero-order chi connectivity index (χ0) is 22.0. The number of hydrogen-bond donors (Lipinski definition) is 2. The molecule has 1 atom stereocenters. The Hall–Kier alpha value is -1.94. The first-order valence-electron chi connectivity index (χ1n) is 10.4. The lowest BCUT2D eigenvalue weighted by molar-refractivity contribution is -0.192. The van der Waals surface area contributed by atoms with Crippen LogP contribution in [0.15, 0.2) is 18.3 Å². The van der Waals surface area contributed by atoms with Crippen molar-refractivity contribution in [3.8, 4) is 0 Å². The van der Waals surface area contributed by atoms with Crippen molar-refractivity contribution in [3.63, 3.8) is 0 Å². The topological polar surface area (TPSA) is 91.5 Å². The van der Waals surface area contributed by atoms with E-state index < -0.39 is 12.1 Å². The highest BCUT2D eigenvalue weighted by atomic mass is 19.4. The highest BCUT2D eigenvalue weighted by Crippen LogP contribution is 2.24. The van der Waals surface area contributed by atoms with Crippen LogP contribution in [0.1, 0.15) is 44.2 Å². The monoisotopic (exact) mass is 432 g/mol. The van der Waals surface area contributed by atoms with Crippen molar-refractivity contribution in [1.29, 1.82) is 0 Å². The standard InChI is InChI=1S/C18H30N4O.C2HF3O2/c23-12-4-7-18-15-22(20-19-18)14-17-8-10-21(11-9-17)13-16-5-2-1-3-6-16;3-2(4,5)1(6)7/h1-2,15-17,23H,3-14H2;(H,6,7). The molecule has 3 rings (SSSR count). The smallest absolute Gasteiger partial charge is 0.475 e. The van der Waals surface area contributed by atoms with Gasteiger partial charge in [-0.05, 0) is 69.9 Å². The van der Waals surface area contributed by atoms with Crippen molar-refractivity contribution in [1.82, 2.24) is 19.9 Å². The van der Waals surface area contributed by atoms with Crippen LogP contribution < -0.4 is 0 Å². The molecule has 170 valence electrons. The molecular weight excluding hydrogens is 401 g/mol. The van der Waals surface area contributed by atoms with Crippen LogP contribution in [-0.2, 0) is 17.8 Å². The SMILES string of the molecule is O=C(O)C(F)(F)F.OCCCc1cn(CC2CCN(CC3CC=CCC3)CC2)nn1. The molecule has 1 aromatic heterocycles. The first kappa shape index (κ1) is 24.3. The molecule has 0 saturated carbocycles.